The van der Waals surface area contributed by atoms with Crippen LogP contribution in [0.3, 0.4) is 0 Å². The summed E-state index contributed by atoms with van der Waals surface area (Å²) in [5, 5.41) is 2.74. The molecule has 3 N–H and O–H groups in total. The first-order chi connectivity index (χ1) is 17.5. The van der Waals surface area contributed by atoms with E-state index >= 15 is 0 Å². The van der Waals surface area contributed by atoms with Gasteiger partial charge < -0.3 is 10.1 Å². The average molecular weight is 497 g/mol. The quantitative estimate of drug-likeness (QED) is 0.258. The SMILES string of the molecule is CCCCOCCCNC(=O)CCC(=O)NNC(=O)CCC(=O)N(c1ccccc1)c1ccccc1. The van der Waals surface area contributed by atoms with Crippen LogP contribution in [0.15, 0.2) is 60.7 Å². The summed E-state index contributed by atoms with van der Waals surface area (Å²) in [5.74, 6) is -1.47. The Morgan fingerprint density at radius 2 is 1.19 bits per heavy atom. The largest absolute Gasteiger partial charge is 0.381 e. The van der Waals surface area contributed by atoms with E-state index in [4.69, 9.17) is 4.74 Å². The van der Waals surface area contributed by atoms with Crippen LogP contribution in [0.25, 0.3) is 0 Å². The Balaban J connectivity index is 1.66. The number of carbonyl (C=O) groups excluding carboxylic acids is 4. The Labute approximate surface area is 212 Å². The lowest BCUT2D eigenvalue weighted by Crippen LogP contribution is -2.42. The standard InChI is InChI=1S/C27H36N4O5/c1-2-3-20-36-21-10-19-28-24(32)15-16-25(33)29-30-26(34)17-18-27(35)31(22-11-6-4-7-12-22)23-13-8-5-9-14-23/h4-9,11-14H,2-3,10,15-21H2,1H3,(H,28,32)(H,29,33)(H,30,34). The van der Waals surface area contributed by atoms with Gasteiger partial charge in [-0.3, -0.25) is 34.9 Å². The van der Waals surface area contributed by atoms with Crippen LogP contribution in [0, 0.1) is 0 Å². The first-order valence-electron chi connectivity index (χ1n) is 12.4. The highest BCUT2D eigenvalue weighted by atomic mass is 16.5. The van der Waals surface area contributed by atoms with Crippen molar-refractivity contribution in [3.63, 3.8) is 0 Å². The number of hydrogen-bond acceptors (Lipinski definition) is 5. The summed E-state index contributed by atoms with van der Waals surface area (Å²) < 4.78 is 5.42. The molecule has 9 heteroatoms. The van der Waals surface area contributed by atoms with E-state index in [-0.39, 0.29) is 37.5 Å². The molecule has 2 aromatic carbocycles. The number of nitrogens with one attached hydrogen (secondary N) is 3. The molecule has 0 radical (unpaired) electrons. The van der Waals surface area contributed by atoms with Gasteiger partial charge in [0.2, 0.25) is 23.6 Å². The Morgan fingerprint density at radius 3 is 1.75 bits per heavy atom. The van der Waals surface area contributed by atoms with Crippen molar-refractivity contribution < 1.29 is 23.9 Å². The van der Waals surface area contributed by atoms with Crippen molar-refractivity contribution in [1.29, 1.82) is 0 Å². The van der Waals surface area contributed by atoms with E-state index in [1.165, 1.54) is 0 Å². The molecular formula is C27H36N4O5. The molecule has 4 amide bonds. The predicted molar refractivity (Wildman–Crippen MR) is 138 cm³/mol. The number of benzene rings is 2. The molecular weight excluding hydrogens is 460 g/mol. The zero-order valence-electron chi connectivity index (χ0n) is 20.8. The van der Waals surface area contributed by atoms with Crippen molar-refractivity contribution in [3.05, 3.63) is 60.7 Å². The van der Waals surface area contributed by atoms with Gasteiger partial charge in [0, 0.05) is 56.8 Å². The zero-order valence-corrected chi connectivity index (χ0v) is 20.8. The van der Waals surface area contributed by atoms with Gasteiger partial charge in [0.1, 0.15) is 0 Å². The van der Waals surface area contributed by atoms with Gasteiger partial charge in [-0.1, -0.05) is 49.7 Å². The average Bonchev–Trinajstić information content (AvgIpc) is 2.90. The number of nitrogens with zero attached hydrogens (tertiary/aromatic N) is 1. The Hall–Kier alpha value is -3.72. The number of carbonyl (C=O) groups is 4. The topological polar surface area (TPSA) is 117 Å². The molecule has 9 nitrogen and oxygen atoms in total. The van der Waals surface area contributed by atoms with Gasteiger partial charge in [-0.05, 0) is 37.1 Å². The molecule has 0 saturated carbocycles. The maximum Gasteiger partial charge on any atom is 0.238 e. The first kappa shape index (κ1) is 28.5. The van der Waals surface area contributed by atoms with Crippen molar-refractivity contribution in [2.75, 3.05) is 24.7 Å². The van der Waals surface area contributed by atoms with Crippen molar-refractivity contribution in [1.82, 2.24) is 16.2 Å². The van der Waals surface area contributed by atoms with Crippen LogP contribution in [0.1, 0.15) is 51.9 Å². The van der Waals surface area contributed by atoms with Crippen molar-refractivity contribution in [2.45, 2.75) is 51.9 Å². The van der Waals surface area contributed by atoms with Crippen LogP contribution in [0.2, 0.25) is 0 Å². The summed E-state index contributed by atoms with van der Waals surface area (Å²) in [4.78, 5) is 50.4. The molecule has 0 saturated heterocycles. The smallest absolute Gasteiger partial charge is 0.238 e. The molecule has 0 bridgehead atoms. The van der Waals surface area contributed by atoms with Crippen LogP contribution in [-0.4, -0.2) is 43.4 Å². The summed E-state index contributed by atoms with van der Waals surface area (Å²) >= 11 is 0. The summed E-state index contributed by atoms with van der Waals surface area (Å²) in [6.07, 6.45) is 2.62. The number of hydrogen-bond donors (Lipinski definition) is 3. The normalized spacial score (nSPS) is 10.4. The molecule has 0 aliphatic rings. The van der Waals surface area contributed by atoms with Gasteiger partial charge in [0.05, 0.1) is 0 Å². The summed E-state index contributed by atoms with van der Waals surface area (Å²) in [7, 11) is 0. The number of ether oxygens (including phenoxy) is 1. The second-order valence-corrected chi connectivity index (χ2v) is 8.17. The highest BCUT2D eigenvalue weighted by Gasteiger charge is 2.19. The lowest BCUT2D eigenvalue weighted by Gasteiger charge is -2.23. The van der Waals surface area contributed by atoms with Crippen LogP contribution >= 0.6 is 0 Å². The van der Waals surface area contributed by atoms with Gasteiger partial charge in [-0.25, -0.2) is 0 Å². The third kappa shape index (κ3) is 11.1. The minimum absolute atomic E-state index is 0.0139. The molecule has 0 aliphatic carbocycles. The van der Waals surface area contributed by atoms with E-state index in [1.807, 2.05) is 60.7 Å². The van der Waals surface area contributed by atoms with Crippen LogP contribution in [0.4, 0.5) is 11.4 Å². The van der Waals surface area contributed by atoms with Crippen LogP contribution in [-0.2, 0) is 23.9 Å². The molecule has 0 aliphatic heterocycles. The van der Waals surface area contributed by atoms with Gasteiger partial charge in [-0.15, -0.1) is 0 Å². The maximum absolute atomic E-state index is 12.9. The minimum Gasteiger partial charge on any atom is -0.381 e. The Kier molecular flexibility index (Phi) is 13.3. The zero-order chi connectivity index (χ0) is 26.0. The second kappa shape index (κ2) is 16.8. The van der Waals surface area contributed by atoms with E-state index in [0.29, 0.717) is 30.9 Å². The Bertz CT molecular complexity index is 914. The minimum atomic E-state index is -0.495. The van der Waals surface area contributed by atoms with Gasteiger partial charge in [-0.2, -0.15) is 0 Å². The number of unbranched alkanes of at least 4 members (excludes halogenated alkanes) is 1. The highest BCUT2D eigenvalue weighted by Crippen LogP contribution is 2.26. The lowest BCUT2D eigenvalue weighted by molar-refractivity contribution is -0.130. The molecule has 0 fully saturated rings. The number of para-hydroxylation sites is 2. The fourth-order valence-electron chi connectivity index (χ4n) is 3.25. The summed E-state index contributed by atoms with van der Waals surface area (Å²) in [6, 6.07) is 18.4. The molecule has 0 aromatic heterocycles. The fraction of sp³-hybridized carbons (Fsp3) is 0.407. The summed E-state index contributed by atoms with van der Waals surface area (Å²) in [6.45, 7) is 3.89. The van der Waals surface area contributed by atoms with Gasteiger partial charge in [0.15, 0.2) is 0 Å². The van der Waals surface area contributed by atoms with Crippen LogP contribution in [0.5, 0.6) is 0 Å². The number of hydrazine groups is 1. The highest BCUT2D eigenvalue weighted by molar-refractivity contribution is 6.01. The van der Waals surface area contributed by atoms with Crippen molar-refractivity contribution in [3.8, 4) is 0 Å². The van der Waals surface area contributed by atoms with E-state index in [9.17, 15) is 19.2 Å². The van der Waals surface area contributed by atoms with E-state index < -0.39 is 11.8 Å². The molecule has 0 atom stereocenters. The molecule has 0 heterocycles. The van der Waals surface area contributed by atoms with Crippen molar-refractivity contribution >= 4 is 35.0 Å². The maximum atomic E-state index is 12.9. The second-order valence-electron chi connectivity index (χ2n) is 8.17. The third-order valence-electron chi connectivity index (χ3n) is 5.19. The number of anilines is 2. The predicted octanol–water partition coefficient (Wildman–Crippen LogP) is 3.38. The van der Waals surface area contributed by atoms with E-state index in [0.717, 1.165) is 19.4 Å². The number of amides is 4. The van der Waals surface area contributed by atoms with E-state index in [2.05, 4.69) is 23.1 Å². The van der Waals surface area contributed by atoms with Gasteiger partial charge >= 0.3 is 0 Å². The molecule has 0 spiro atoms. The molecule has 2 aromatic rings. The molecule has 194 valence electrons. The first-order valence-corrected chi connectivity index (χ1v) is 12.4. The summed E-state index contributed by atoms with van der Waals surface area (Å²) in [5.41, 5.74) is 5.98. The molecule has 36 heavy (non-hydrogen) atoms. The molecule has 0 unspecified atom stereocenters. The fourth-order valence-corrected chi connectivity index (χ4v) is 3.25. The van der Waals surface area contributed by atoms with Gasteiger partial charge in [0.25, 0.3) is 0 Å². The number of rotatable bonds is 15. The monoisotopic (exact) mass is 496 g/mol. The third-order valence-corrected chi connectivity index (χ3v) is 5.19. The van der Waals surface area contributed by atoms with E-state index in [1.54, 1.807) is 4.90 Å². The lowest BCUT2D eigenvalue weighted by atomic mass is 10.2. The van der Waals surface area contributed by atoms with Crippen molar-refractivity contribution in [2.24, 2.45) is 0 Å². The molecule has 2 rings (SSSR count). The van der Waals surface area contributed by atoms with Crippen LogP contribution < -0.4 is 21.1 Å². The Morgan fingerprint density at radius 1 is 0.694 bits per heavy atom.